The highest BCUT2D eigenvalue weighted by molar-refractivity contribution is 5.88. The standard InChI is InChI=1S/C22H28N2O6/c1-2-9-29-21(28)24-17-4-3-7-22(24,12-18(25)11-17)8-10-30-20(27)23-13-15-5-6-16(14-23)19(15)26/h1,15-17H,3-14H2. The molecule has 0 N–H and O–H groups in total. The lowest BCUT2D eigenvalue weighted by molar-refractivity contribution is -0.132. The fourth-order valence-corrected chi connectivity index (χ4v) is 5.78. The van der Waals surface area contributed by atoms with E-state index in [1.807, 2.05) is 0 Å². The van der Waals surface area contributed by atoms with Gasteiger partial charge in [-0.05, 0) is 32.1 Å². The first-order valence-corrected chi connectivity index (χ1v) is 10.8. The molecule has 1 aliphatic carbocycles. The first kappa shape index (κ1) is 20.7. The molecule has 0 aromatic carbocycles. The zero-order chi connectivity index (χ0) is 21.3. The van der Waals surface area contributed by atoms with Gasteiger partial charge in [0.05, 0.1) is 12.1 Å². The van der Waals surface area contributed by atoms with Crippen molar-refractivity contribution in [3.63, 3.8) is 0 Å². The Labute approximate surface area is 176 Å². The van der Waals surface area contributed by atoms with Gasteiger partial charge in [-0.1, -0.05) is 5.92 Å². The maximum Gasteiger partial charge on any atom is 0.411 e. The van der Waals surface area contributed by atoms with Crippen LogP contribution in [-0.4, -0.2) is 71.4 Å². The van der Waals surface area contributed by atoms with E-state index in [1.165, 1.54) is 0 Å². The van der Waals surface area contributed by atoms with Crippen LogP contribution in [0.3, 0.4) is 0 Å². The third-order valence-electron chi connectivity index (χ3n) is 7.12. The number of hydrogen-bond donors (Lipinski definition) is 0. The number of nitrogens with zero attached hydrogens (tertiary/aromatic N) is 2. The molecule has 4 fully saturated rings. The maximum absolute atomic E-state index is 12.7. The van der Waals surface area contributed by atoms with Crippen molar-refractivity contribution in [1.82, 2.24) is 9.80 Å². The van der Waals surface area contributed by atoms with E-state index in [0.717, 1.165) is 25.7 Å². The highest BCUT2D eigenvalue weighted by Gasteiger charge is 2.52. The van der Waals surface area contributed by atoms with Gasteiger partial charge in [-0.25, -0.2) is 9.59 Å². The van der Waals surface area contributed by atoms with Gasteiger partial charge in [0, 0.05) is 50.2 Å². The second-order valence-corrected chi connectivity index (χ2v) is 8.96. The van der Waals surface area contributed by atoms with Gasteiger partial charge in [0.25, 0.3) is 0 Å². The quantitative estimate of drug-likeness (QED) is 0.652. The van der Waals surface area contributed by atoms with E-state index in [2.05, 4.69) is 5.92 Å². The van der Waals surface area contributed by atoms with E-state index in [1.54, 1.807) is 9.80 Å². The number of piperidine rings is 3. The van der Waals surface area contributed by atoms with Crippen LogP contribution in [0.15, 0.2) is 0 Å². The summed E-state index contributed by atoms with van der Waals surface area (Å²) in [5.74, 6) is 2.57. The zero-order valence-electron chi connectivity index (χ0n) is 17.1. The molecule has 162 valence electrons. The number of rotatable bonds is 4. The lowest BCUT2D eigenvalue weighted by atomic mass is 9.72. The second-order valence-electron chi connectivity index (χ2n) is 8.96. The summed E-state index contributed by atoms with van der Waals surface area (Å²) in [7, 11) is 0. The molecular formula is C22H28N2O6. The number of carbonyl (C=O) groups excluding carboxylic acids is 4. The van der Waals surface area contributed by atoms with Crippen molar-refractivity contribution in [3.8, 4) is 12.3 Å². The molecule has 3 saturated heterocycles. The average Bonchev–Trinajstić information content (AvgIpc) is 2.91. The summed E-state index contributed by atoms with van der Waals surface area (Å²) in [5, 5.41) is 0. The Morgan fingerprint density at radius 1 is 1.10 bits per heavy atom. The van der Waals surface area contributed by atoms with Gasteiger partial charge in [-0.3, -0.25) is 14.5 Å². The van der Waals surface area contributed by atoms with Crippen LogP contribution in [0.25, 0.3) is 0 Å². The summed E-state index contributed by atoms with van der Waals surface area (Å²) in [4.78, 5) is 52.9. The summed E-state index contributed by atoms with van der Waals surface area (Å²) >= 11 is 0. The SMILES string of the molecule is C#CCOC(=O)N1C2CCCC1(CCOC(=O)N1CC3CCC(C1)C3=O)CC(=O)C2. The molecule has 4 atom stereocenters. The molecular weight excluding hydrogens is 388 g/mol. The molecule has 8 nitrogen and oxygen atoms in total. The van der Waals surface area contributed by atoms with Crippen LogP contribution in [0.2, 0.25) is 0 Å². The van der Waals surface area contributed by atoms with Gasteiger partial charge in [-0.2, -0.15) is 0 Å². The number of ether oxygens (including phenoxy) is 2. The zero-order valence-corrected chi connectivity index (χ0v) is 17.1. The molecule has 8 heteroatoms. The third-order valence-corrected chi connectivity index (χ3v) is 7.12. The normalized spacial score (nSPS) is 32.6. The van der Waals surface area contributed by atoms with Crippen molar-refractivity contribution >= 4 is 23.8 Å². The van der Waals surface area contributed by atoms with Crippen molar-refractivity contribution in [2.24, 2.45) is 11.8 Å². The number of hydrogen-bond acceptors (Lipinski definition) is 6. The minimum atomic E-state index is -0.693. The van der Waals surface area contributed by atoms with Gasteiger partial charge in [0.2, 0.25) is 0 Å². The fourth-order valence-electron chi connectivity index (χ4n) is 5.78. The van der Waals surface area contributed by atoms with E-state index in [0.29, 0.717) is 32.4 Å². The maximum atomic E-state index is 12.7. The lowest BCUT2D eigenvalue weighted by Gasteiger charge is -2.53. The van der Waals surface area contributed by atoms with Crippen LogP contribution < -0.4 is 0 Å². The Bertz CT molecular complexity index is 773. The molecule has 0 aromatic heterocycles. The first-order chi connectivity index (χ1) is 14.4. The number of likely N-dealkylation sites (tertiary alicyclic amines) is 1. The Kier molecular flexibility index (Phi) is 5.72. The summed E-state index contributed by atoms with van der Waals surface area (Å²) in [6.07, 6.45) is 9.25. The number of fused-ring (bicyclic) bond motifs is 4. The minimum Gasteiger partial charge on any atom is -0.449 e. The van der Waals surface area contributed by atoms with Crippen LogP contribution in [0, 0.1) is 24.2 Å². The lowest BCUT2D eigenvalue weighted by Crippen LogP contribution is -2.64. The second kappa shape index (κ2) is 8.29. The summed E-state index contributed by atoms with van der Waals surface area (Å²) in [5.41, 5.74) is -0.693. The van der Waals surface area contributed by atoms with Crippen LogP contribution in [0.5, 0.6) is 0 Å². The van der Waals surface area contributed by atoms with Crippen LogP contribution in [-0.2, 0) is 19.1 Å². The van der Waals surface area contributed by atoms with Crippen LogP contribution >= 0.6 is 0 Å². The molecule has 4 unspecified atom stereocenters. The summed E-state index contributed by atoms with van der Waals surface area (Å²) in [6.45, 7) is 0.837. The highest BCUT2D eigenvalue weighted by Crippen LogP contribution is 2.43. The molecule has 4 bridgehead atoms. The van der Waals surface area contributed by atoms with Gasteiger partial charge < -0.3 is 14.4 Å². The molecule has 0 aromatic rings. The highest BCUT2D eigenvalue weighted by atomic mass is 16.6. The van der Waals surface area contributed by atoms with Crippen molar-refractivity contribution in [2.75, 3.05) is 26.3 Å². The number of amides is 2. The van der Waals surface area contributed by atoms with Crippen molar-refractivity contribution in [3.05, 3.63) is 0 Å². The topological polar surface area (TPSA) is 93.2 Å². The third kappa shape index (κ3) is 3.78. The molecule has 0 radical (unpaired) electrons. The molecule has 4 aliphatic rings. The fraction of sp³-hybridized carbons (Fsp3) is 0.727. The van der Waals surface area contributed by atoms with Crippen molar-refractivity contribution < 1.29 is 28.7 Å². The van der Waals surface area contributed by atoms with E-state index in [4.69, 9.17) is 15.9 Å². The van der Waals surface area contributed by atoms with Gasteiger partial charge in [0.15, 0.2) is 6.61 Å². The van der Waals surface area contributed by atoms with Crippen LogP contribution in [0.1, 0.15) is 51.4 Å². The number of terminal acetylenes is 1. The molecule has 3 aliphatic heterocycles. The number of Topliss-reactive ketones (excluding diaryl/α,β-unsaturated/α-hetero) is 2. The van der Waals surface area contributed by atoms with E-state index >= 15 is 0 Å². The number of carbonyl (C=O) groups is 4. The van der Waals surface area contributed by atoms with Crippen molar-refractivity contribution in [2.45, 2.75) is 62.9 Å². The largest absolute Gasteiger partial charge is 0.449 e. The van der Waals surface area contributed by atoms with Crippen LogP contribution in [0.4, 0.5) is 9.59 Å². The Hall–Kier alpha value is -2.56. The monoisotopic (exact) mass is 416 g/mol. The van der Waals surface area contributed by atoms with E-state index < -0.39 is 17.7 Å². The Morgan fingerprint density at radius 3 is 2.53 bits per heavy atom. The summed E-state index contributed by atoms with van der Waals surface area (Å²) in [6, 6.07) is -0.190. The smallest absolute Gasteiger partial charge is 0.411 e. The number of ketones is 2. The summed E-state index contributed by atoms with van der Waals surface area (Å²) < 4.78 is 10.7. The molecule has 0 spiro atoms. The van der Waals surface area contributed by atoms with Gasteiger partial charge in [0.1, 0.15) is 11.6 Å². The predicted molar refractivity (Wildman–Crippen MR) is 105 cm³/mol. The average molecular weight is 416 g/mol. The molecule has 3 heterocycles. The molecule has 4 rings (SSSR count). The van der Waals surface area contributed by atoms with E-state index in [-0.39, 0.29) is 49.1 Å². The Morgan fingerprint density at radius 2 is 1.83 bits per heavy atom. The Balaban J connectivity index is 1.39. The van der Waals surface area contributed by atoms with Gasteiger partial charge in [-0.15, -0.1) is 6.42 Å². The predicted octanol–water partition coefficient (Wildman–Crippen LogP) is 2.15. The van der Waals surface area contributed by atoms with E-state index in [9.17, 15) is 19.2 Å². The minimum absolute atomic E-state index is 0.0635. The molecule has 1 saturated carbocycles. The molecule has 30 heavy (non-hydrogen) atoms. The van der Waals surface area contributed by atoms with Gasteiger partial charge >= 0.3 is 12.2 Å². The first-order valence-electron chi connectivity index (χ1n) is 10.8. The van der Waals surface area contributed by atoms with Crippen molar-refractivity contribution in [1.29, 1.82) is 0 Å². The molecule has 2 amide bonds.